The van der Waals surface area contributed by atoms with Crippen LogP contribution in [0.4, 0.5) is 5.13 Å². The van der Waals surface area contributed by atoms with E-state index in [0.29, 0.717) is 17.1 Å². The minimum absolute atomic E-state index is 0.0875. The van der Waals surface area contributed by atoms with Crippen LogP contribution < -0.4 is 10.6 Å². The van der Waals surface area contributed by atoms with Gasteiger partial charge in [-0.3, -0.25) is 10.1 Å². The highest BCUT2D eigenvalue weighted by molar-refractivity contribution is 7.16. The summed E-state index contributed by atoms with van der Waals surface area (Å²) in [6.45, 7) is 3.04. The van der Waals surface area contributed by atoms with Crippen molar-refractivity contribution in [2.45, 2.75) is 38.1 Å². The van der Waals surface area contributed by atoms with E-state index in [1.807, 2.05) is 13.0 Å². The lowest BCUT2D eigenvalue weighted by atomic mass is 10.3. The normalized spacial score (nSPS) is 23.5. The molecule has 0 bridgehead atoms. The van der Waals surface area contributed by atoms with Crippen molar-refractivity contribution in [2.75, 3.05) is 11.9 Å². The van der Waals surface area contributed by atoms with Gasteiger partial charge in [0.15, 0.2) is 0 Å². The summed E-state index contributed by atoms with van der Waals surface area (Å²) in [6, 6.07) is 4.62. The number of carbonyl (C=O) groups excluding carboxylic acids is 1. The van der Waals surface area contributed by atoms with Crippen LogP contribution in [0, 0.1) is 12.8 Å². The highest BCUT2D eigenvalue weighted by Gasteiger charge is 2.40. The first-order chi connectivity index (χ1) is 10.7. The third kappa shape index (κ3) is 3.21. The number of carbonyl (C=O) groups is 1. The fraction of sp³-hybridized carbons (Fsp3) is 0.533. The Morgan fingerprint density at radius 2 is 2.18 bits per heavy atom. The fourth-order valence-corrected chi connectivity index (χ4v) is 4.22. The predicted molar refractivity (Wildman–Crippen MR) is 88.8 cm³/mol. The molecule has 22 heavy (non-hydrogen) atoms. The molecule has 1 amide bonds. The van der Waals surface area contributed by atoms with Crippen LogP contribution in [0.15, 0.2) is 12.1 Å². The molecule has 116 valence electrons. The largest absolute Gasteiger partial charge is 0.313 e. The first-order valence-corrected chi connectivity index (χ1v) is 9.27. The van der Waals surface area contributed by atoms with E-state index in [0.717, 1.165) is 22.3 Å². The molecule has 0 unspecified atom stereocenters. The zero-order chi connectivity index (χ0) is 15.1. The molecular formula is C15H18N4OS2. The molecule has 0 saturated heterocycles. The van der Waals surface area contributed by atoms with Gasteiger partial charge in [0.1, 0.15) is 5.01 Å². The summed E-state index contributed by atoms with van der Waals surface area (Å²) in [5.74, 6) is 1.42. The maximum Gasteiger partial charge on any atom is 0.267 e. The lowest BCUT2D eigenvalue weighted by Gasteiger charge is -2.01. The van der Waals surface area contributed by atoms with E-state index in [9.17, 15) is 4.79 Å². The summed E-state index contributed by atoms with van der Waals surface area (Å²) in [7, 11) is 0. The summed E-state index contributed by atoms with van der Waals surface area (Å²) in [5.41, 5.74) is 0. The van der Waals surface area contributed by atoms with Crippen molar-refractivity contribution in [2.24, 2.45) is 5.92 Å². The van der Waals surface area contributed by atoms with Crippen molar-refractivity contribution in [1.29, 1.82) is 0 Å². The van der Waals surface area contributed by atoms with E-state index >= 15 is 0 Å². The predicted octanol–water partition coefficient (Wildman–Crippen LogP) is 3.02. The van der Waals surface area contributed by atoms with Crippen molar-refractivity contribution >= 4 is 33.7 Å². The molecular weight excluding hydrogens is 316 g/mol. The third-order valence-corrected chi connectivity index (χ3v) is 6.09. The molecule has 2 fully saturated rings. The van der Waals surface area contributed by atoms with Gasteiger partial charge in [0, 0.05) is 16.8 Å². The van der Waals surface area contributed by atoms with Crippen LogP contribution in [0.3, 0.4) is 0 Å². The molecule has 2 aromatic rings. The topological polar surface area (TPSA) is 66.9 Å². The highest BCUT2D eigenvalue weighted by atomic mass is 32.1. The van der Waals surface area contributed by atoms with Gasteiger partial charge >= 0.3 is 0 Å². The Bertz CT molecular complexity index is 691. The zero-order valence-corrected chi connectivity index (χ0v) is 14.0. The first kappa shape index (κ1) is 14.3. The van der Waals surface area contributed by atoms with Crippen molar-refractivity contribution < 1.29 is 4.79 Å². The van der Waals surface area contributed by atoms with Crippen molar-refractivity contribution in [3.05, 3.63) is 26.9 Å². The number of nitrogens with zero attached hydrogens (tertiary/aromatic N) is 2. The van der Waals surface area contributed by atoms with Crippen LogP contribution in [-0.4, -0.2) is 28.7 Å². The number of hydrogen-bond acceptors (Lipinski definition) is 6. The molecule has 5 nitrogen and oxygen atoms in total. The van der Waals surface area contributed by atoms with Gasteiger partial charge in [-0.15, -0.1) is 21.5 Å². The van der Waals surface area contributed by atoms with Gasteiger partial charge < -0.3 is 5.32 Å². The number of anilines is 1. The van der Waals surface area contributed by atoms with Crippen molar-refractivity contribution in [3.63, 3.8) is 0 Å². The summed E-state index contributed by atoms with van der Waals surface area (Å²) in [4.78, 5) is 14.3. The van der Waals surface area contributed by atoms with E-state index < -0.39 is 0 Å². The average Bonchev–Trinajstić information content (AvgIpc) is 3.38. The van der Waals surface area contributed by atoms with Gasteiger partial charge in [-0.05, 0) is 50.8 Å². The van der Waals surface area contributed by atoms with E-state index in [-0.39, 0.29) is 5.91 Å². The zero-order valence-electron chi connectivity index (χ0n) is 12.3. The SMILES string of the molecule is Cc1nnc(NC(=O)c2ccc([C@@H]3C[C@H]3NCC3CC3)s2)s1. The Morgan fingerprint density at radius 3 is 2.91 bits per heavy atom. The van der Waals surface area contributed by atoms with Crippen molar-refractivity contribution in [1.82, 2.24) is 15.5 Å². The second kappa shape index (κ2) is 5.72. The quantitative estimate of drug-likeness (QED) is 0.852. The Kier molecular flexibility index (Phi) is 3.71. The molecule has 0 spiro atoms. The Balaban J connectivity index is 1.34. The number of aryl methyl sites for hydroxylation is 1. The number of rotatable bonds is 6. The number of amides is 1. The molecule has 2 saturated carbocycles. The Morgan fingerprint density at radius 1 is 1.32 bits per heavy atom. The molecule has 2 aliphatic rings. The maximum atomic E-state index is 12.2. The number of thiophene rings is 1. The molecule has 2 aliphatic carbocycles. The van der Waals surface area contributed by atoms with Crippen LogP contribution in [0.1, 0.15) is 44.7 Å². The summed E-state index contributed by atoms with van der Waals surface area (Å²) >= 11 is 2.99. The molecule has 4 rings (SSSR count). The second-order valence-electron chi connectivity index (χ2n) is 6.08. The lowest BCUT2D eigenvalue weighted by Crippen LogP contribution is -2.20. The van der Waals surface area contributed by atoms with E-state index in [1.165, 1.54) is 35.5 Å². The van der Waals surface area contributed by atoms with Crippen molar-refractivity contribution in [3.8, 4) is 0 Å². The van der Waals surface area contributed by atoms with Crippen LogP contribution >= 0.6 is 22.7 Å². The number of aromatic nitrogens is 2. The van der Waals surface area contributed by atoms with Gasteiger partial charge in [-0.1, -0.05) is 11.3 Å². The molecule has 0 aromatic carbocycles. The standard InChI is InChI=1S/C15H18N4OS2/c1-8-18-19-15(21-8)17-14(20)13-5-4-12(22-13)10-6-11(10)16-7-9-2-3-9/h4-5,9-11,16H,2-3,6-7H2,1H3,(H,17,19,20)/t10-,11-/m1/s1. The van der Waals surface area contributed by atoms with Gasteiger partial charge in [0.25, 0.3) is 5.91 Å². The van der Waals surface area contributed by atoms with Crippen LogP contribution in [-0.2, 0) is 0 Å². The molecule has 2 atom stereocenters. The summed E-state index contributed by atoms with van der Waals surface area (Å²) in [6.07, 6.45) is 3.97. The van der Waals surface area contributed by atoms with Gasteiger partial charge in [-0.2, -0.15) is 0 Å². The van der Waals surface area contributed by atoms with E-state index in [1.54, 1.807) is 11.3 Å². The monoisotopic (exact) mass is 334 g/mol. The molecule has 2 heterocycles. The first-order valence-electron chi connectivity index (χ1n) is 7.63. The third-order valence-electron chi connectivity index (χ3n) is 4.12. The Labute approximate surface area is 137 Å². The molecule has 0 aliphatic heterocycles. The van der Waals surface area contributed by atoms with Gasteiger partial charge in [0.2, 0.25) is 5.13 Å². The Hall–Kier alpha value is -1.31. The molecule has 2 aromatic heterocycles. The summed E-state index contributed by atoms with van der Waals surface area (Å²) in [5, 5.41) is 15.7. The number of hydrogen-bond donors (Lipinski definition) is 2. The molecule has 7 heteroatoms. The second-order valence-corrected chi connectivity index (χ2v) is 8.38. The highest BCUT2D eigenvalue weighted by Crippen LogP contribution is 2.44. The maximum absolute atomic E-state index is 12.2. The average molecular weight is 334 g/mol. The minimum atomic E-state index is -0.0875. The van der Waals surface area contributed by atoms with E-state index in [4.69, 9.17) is 0 Å². The van der Waals surface area contributed by atoms with Gasteiger partial charge in [0.05, 0.1) is 4.88 Å². The number of nitrogens with one attached hydrogen (secondary N) is 2. The van der Waals surface area contributed by atoms with Gasteiger partial charge in [-0.25, -0.2) is 0 Å². The molecule has 0 radical (unpaired) electrons. The minimum Gasteiger partial charge on any atom is -0.313 e. The van der Waals surface area contributed by atoms with Crippen LogP contribution in [0.2, 0.25) is 0 Å². The molecule has 2 N–H and O–H groups in total. The lowest BCUT2D eigenvalue weighted by molar-refractivity contribution is 0.103. The van der Waals surface area contributed by atoms with Crippen LogP contribution in [0.5, 0.6) is 0 Å². The fourth-order valence-electron chi connectivity index (χ4n) is 2.56. The smallest absolute Gasteiger partial charge is 0.267 e. The summed E-state index contributed by atoms with van der Waals surface area (Å²) < 4.78 is 0. The van der Waals surface area contributed by atoms with Crippen LogP contribution in [0.25, 0.3) is 0 Å². The van der Waals surface area contributed by atoms with E-state index in [2.05, 4.69) is 26.9 Å².